The number of alkyl halides is 3. The molecular weight excluding hydrogens is 444 g/mol. The zero-order valence-electron chi connectivity index (χ0n) is 13.8. The highest BCUT2D eigenvalue weighted by molar-refractivity contribution is 14.1. The zero-order valence-corrected chi connectivity index (χ0v) is 15.9. The van der Waals surface area contributed by atoms with E-state index in [2.05, 4.69) is 22.6 Å². The van der Waals surface area contributed by atoms with Crippen LogP contribution >= 0.6 is 22.6 Å². The molecule has 0 amide bonds. The van der Waals surface area contributed by atoms with E-state index in [0.29, 0.717) is 17.5 Å². The molecule has 0 aliphatic carbocycles. The van der Waals surface area contributed by atoms with E-state index in [1.807, 2.05) is 13.8 Å². The fraction of sp³-hybridized carbons (Fsp3) is 0.316. The van der Waals surface area contributed by atoms with E-state index >= 15 is 0 Å². The van der Waals surface area contributed by atoms with Crippen molar-refractivity contribution in [3.05, 3.63) is 57.2 Å². The number of halogens is 4. The van der Waals surface area contributed by atoms with Gasteiger partial charge in [-0.3, -0.25) is 4.79 Å². The van der Waals surface area contributed by atoms with Crippen LogP contribution in [0.3, 0.4) is 0 Å². The van der Waals surface area contributed by atoms with Crippen molar-refractivity contribution in [1.82, 2.24) is 0 Å². The number of aliphatic carboxylic acids is 1. The molecule has 1 unspecified atom stereocenters. The van der Waals surface area contributed by atoms with Gasteiger partial charge in [0.1, 0.15) is 0 Å². The summed E-state index contributed by atoms with van der Waals surface area (Å²) in [6.07, 6.45) is -3.87. The lowest BCUT2D eigenvalue weighted by Crippen LogP contribution is -2.14. The molecule has 25 heavy (non-hydrogen) atoms. The molecule has 0 aliphatic rings. The predicted octanol–water partition coefficient (Wildman–Crippen LogP) is 6.19. The number of benzene rings is 2. The van der Waals surface area contributed by atoms with E-state index in [1.54, 1.807) is 18.2 Å². The predicted molar refractivity (Wildman–Crippen MR) is 99.4 cm³/mol. The van der Waals surface area contributed by atoms with Gasteiger partial charge in [0.2, 0.25) is 0 Å². The highest BCUT2D eigenvalue weighted by Gasteiger charge is 2.30. The molecule has 0 spiro atoms. The van der Waals surface area contributed by atoms with Gasteiger partial charge < -0.3 is 5.11 Å². The maximum Gasteiger partial charge on any atom is 0.416 e. The molecule has 2 aromatic rings. The molecule has 0 bridgehead atoms. The van der Waals surface area contributed by atoms with Crippen LogP contribution in [-0.4, -0.2) is 11.1 Å². The Balaban J connectivity index is 2.43. The van der Waals surface area contributed by atoms with Crippen molar-refractivity contribution in [2.75, 3.05) is 0 Å². The summed E-state index contributed by atoms with van der Waals surface area (Å²) in [5.74, 6) is -1.31. The van der Waals surface area contributed by atoms with Crippen LogP contribution in [0.1, 0.15) is 37.3 Å². The molecule has 2 nitrogen and oxygen atoms in total. The van der Waals surface area contributed by atoms with Gasteiger partial charge in [0.25, 0.3) is 0 Å². The average molecular weight is 462 g/mol. The molecule has 0 radical (unpaired) electrons. The maximum absolute atomic E-state index is 12.7. The van der Waals surface area contributed by atoms with Crippen LogP contribution in [0.4, 0.5) is 13.2 Å². The Morgan fingerprint density at radius 2 is 1.72 bits per heavy atom. The summed E-state index contributed by atoms with van der Waals surface area (Å²) in [6, 6.07) is 10.3. The highest BCUT2D eigenvalue weighted by atomic mass is 127. The smallest absolute Gasteiger partial charge is 0.416 e. The van der Waals surface area contributed by atoms with Crippen LogP contribution in [-0.2, 0) is 11.0 Å². The molecule has 0 saturated heterocycles. The van der Waals surface area contributed by atoms with Gasteiger partial charge in [-0.1, -0.05) is 32.0 Å². The van der Waals surface area contributed by atoms with Gasteiger partial charge in [0.05, 0.1) is 11.5 Å². The maximum atomic E-state index is 12.7. The summed E-state index contributed by atoms with van der Waals surface area (Å²) in [7, 11) is 0. The number of carbonyl (C=O) groups is 1. The van der Waals surface area contributed by atoms with E-state index in [-0.39, 0.29) is 5.92 Å². The fourth-order valence-electron chi connectivity index (χ4n) is 2.67. The molecule has 6 heteroatoms. The van der Waals surface area contributed by atoms with Gasteiger partial charge in [-0.05, 0) is 75.9 Å². The number of carboxylic acids is 1. The second kappa shape index (κ2) is 7.76. The van der Waals surface area contributed by atoms with E-state index in [9.17, 15) is 23.1 Å². The third-order valence-electron chi connectivity index (χ3n) is 3.92. The Kier molecular flexibility index (Phi) is 6.13. The Labute approximate surface area is 158 Å². The number of rotatable bonds is 5. The number of hydrogen-bond donors (Lipinski definition) is 1. The van der Waals surface area contributed by atoms with Gasteiger partial charge in [0.15, 0.2) is 0 Å². The molecule has 2 rings (SSSR count). The second-order valence-electron chi connectivity index (χ2n) is 6.33. The molecule has 1 atom stereocenters. The first kappa shape index (κ1) is 19.8. The van der Waals surface area contributed by atoms with Gasteiger partial charge in [-0.2, -0.15) is 13.2 Å². The lowest BCUT2D eigenvalue weighted by molar-refractivity contribution is -0.139. The average Bonchev–Trinajstić information content (AvgIpc) is 2.52. The minimum Gasteiger partial charge on any atom is -0.481 e. The number of carboxylic acid groups (broad SMARTS) is 1. The molecule has 0 saturated carbocycles. The van der Waals surface area contributed by atoms with Crippen molar-refractivity contribution in [2.24, 2.45) is 5.92 Å². The second-order valence-corrected chi connectivity index (χ2v) is 7.50. The summed E-state index contributed by atoms with van der Waals surface area (Å²) in [4.78, 5) is 11.6. The lowest BCUT2D eigenvalue weighted by atomic mass is 9.88. The molecule has 1 N–H and O–H groups in total. The summed E-state index contributed by atoms with van der Waals surface area (Å²) < 4.78 is 39.0. The molecule has 0 heterocycles. The summed E-state index contributed by atoms with van der Waals surface area (Å²) in [5.41, 5.74) is 1.33. The molecule has 0 aliphatic heterocycles. The normalized spacial score (nSPS) is 13.1. The van der Waals surface area contributed by atoms with Crippen molar-refractivity contribution >= 4 is 28.6 Å². The molecule has 0 aromatic heterocycles. The minimum atomic E-state index is -4.38. The Hall–Kier alpha value is -1.57. The first-order chi connectivity index (χ1) is 11.6. The minimum absolute atomic E-state index is 0.217. The molecule has 134 valence electrons. The highest BCUT2D eigenvalue weighted by Crippen LogP contribution is 2.34. The van der Waals surface area contributed by atoms with E-state index in [1.165, 1.54) is 12.1 Å². The quantitative estimate of drug-likeness (QED) is 0.538. The Morgan fingerprint density at radius 3 is 2.20 bits per heavy atom. The monoisotopic (exact) mass is 462 g/mol. The van der Waals surface area contributed by atoms with E-state index in [4.69, 9.17) is 0 Å². The summed E-state index contributed by atoms with van der Waals surface area (Å²) in [5, 5.41) is 9.51. The Bertz CT molecular complexity index is 752. The van der Waals surface area contributed by atoms with Crippen LogP contribution in [0.15, 0.2) is 42.5 Å². The van der Waals surface area contributed by atoms with Gasteiger partial charge in [0, 0.05) is 3.57 Å². The third-order valence-corrected chi connectivity index (χ3v) is 4.86. The van der Waals surface area contributed by atoms with Crippen LogP contribution in [0.2, 0.25) is 0 Å². The van der Waals surface area contributed by atoms with Crippen molar-refractivity contribution in [3.8, 4) is 11.1 Å². The molecular formula is C19H18F3IO2. The largest absolute Gasteiger partial charge is 0.481 e. The van der Waals surface area contributed by atoms with E-state index in [0.717, 1.165) is 21.3 Å². The first-order valence-electron chi connectivity index (χ1n) is 7.79. The topological polar surface area (TPSA) is 37.3 Å². The van der Waals surface area contributed by atoms with E-state index < -0.39 is 23.6 Å². The van der Waals surface area contributed by atoms with Crippen LogP contribution in [0.25, 0.3) is 11.1 Å². The van der Waals surface area contributed by atoms with Crippen LogP contribution in [0.5, 0.6) is 0 Å². The fourth-order valence-corrected chi connectivity index (χ4v) is 3.32. The Morgan fingerprint density at radius 1 is 1.12 bits per heavy atom. The zero-order chi connectivity index (χ0) is 18.8. The van der Waals surface area contributed by atoms with Crippen molar-refractivity contribution < 1.29 is 23.1 Å². The van der Waals surface area contributed by atoms with Crippen molar-refractivity contribution in [2.45, 2.75) is 32.4 Å². The van der Waals surface area contributed by atoms with Crippen LogP contribution < -0.4 is 0 Å². The SMILES string of the molecule is CC(C)CC(C(=O)O)c1ccc(I)c(-c2ccc(C(F)(F)F)cc2)c1. The van der Waals surface area contributed by atoms with Gasteiger partial charge >= 0.3 is 12.1 Å². The first-order valence-corrected chi connectivity index (χ1v) is 8.87. The summed E-state index contributed by atoms with van der Waals surface area (Å²) >= 11 is 2.10. The number of hydrogen-bond acceptors (Lipinski definition) is 1. The van der Waals surface area contributed by atoms with Crippen LogP contribution in [0, 0.1) is 9.49 Å². The van der Waals surface area contributed by atoms with Gasteiger partial charge in [-0.15, -0.1) is 0 Å². The third kappa shape index (κ3) is 4.96. The molecule has 2 aromatic carbocycles. The molecule has 0 fully saturated rings. The standard InChI is InChI=1S/C19H18F3IO2/c1-11(2)9-16(18(24)25)13-5-8-17(23)15(10-13)12-3-6-14(7-4-12)19(20,21)22/h3-8,10-11,16H,9H2,1-2H3,(H,24,25). The lowest BCUT2D eigenvalue weighted by Gasteiger charge is -2.17. The van der Waals surface area contributed by atoms with Crippen molar-refractivity contribution in [3.63, 3.8) is 0 Å². The summed E-state index contributed by atoms with van der Waals surface area (Å²) in [6.45, 7) is 3.92. The van der Waals surface area contributed by atoms with Gasteiger partial charge in [-0.25, -0.2) is 0 Å². The van der Waals surface area contributed by atoms with Crippen molar-refractivity contribution in [1.29, 1.82) is 0 Å².